The molecule has 4 rings (SSSR count). The van der Waals surface area contributed by atoms with Crippen molar-refractivity contribution in [2.45, 2.75) is 56.0 Å². The van der Waals surface area contributed by atoms with Crippen LogP contribution in [-0.2, 0) is 4.79 Å². The van der Waals surface area contributed by atoms with Crippen molar-refractivity contribution in [3.05, 3.63) is 45.1 Å². The summed E-state index contributed by atoms with van der Waals surface area (Å²) >= 11 is 4.62. The molecule has 0 fully saturated rings. The van der Waals surface area contributed by atoms with Crippen LogP contribution in [0.15, 0.2) is 43.8 Å². The minimum atomic E-state index is -0.423. The number of anilines is 1. The molecule has 0 bridgehead atoms. The van der Waals surface area contributed by atoms with E-state index >= 15 is 0 Å². The van der Waals surface area contributed by atoms with Gasteiger partial charge < -0.3 is 5.73 Å². The van der Waals surface area contributed by atoms with Crippen molar-refractivity contribution in [1.29, 1.82) is 5.26 Å². The lowest BCUT2D eigenvalue weighted by molar-refractivity contribution is -0.118. The molecule has 2 aromatic rings. The monoisotopic (exact) mass is 457 g/mol. The van der Waals surface area contributed by atoms with Gasteiger partial charge >= 0.3 is 0 Å². The normalized spacial score (nSPS) is 21.3. The van der Waals surface area contributed by atoms with Crippen LogP contribution in [0, 0.1) is 16.7 Å². The molecular formula is C21H23N5OS3. The molecule has 6 nitrogen and oxygen atoms in total. The maximum atomic E-state index is 13.4. The van der Waals surface area contributed by atoms with E-state index in [9.17, 15) is 10.1 Å². The van der Waals surface area contributed by atoms with Crippen LogP contribution in [0.3, 0.4) is 0 Å². The molecule has 0 saturated carbocycles. The Morgan fingerprint density at radius 3 is 2.77 bits per heavy atom. The maximum absolute atomic E-state index is 13.4. The van der Waals surface area contributed by atoms with Crippen molar-refractivity contribution in [2.24, 2.45) is 11.1 Å². The Kier molecular flexibility index (Phi) is 5.51. The van der Waals surface area contributed by atoms with E-state index in [0.717, 1.165) is 15.6 Å². The molecule has 2 aliphatic rings. The summed E-state index contributed by atoms with van der Waals surface area (Å²) in [6, 6.07) is 4.26. The first-order valence-corrected chi connectivity index (χ1v) is 12.3. The number of thiophene rings is 1. The third-order valence-corrected chi connectivity index (χ3v) is 7.88. The number of aromatic nitrogens is 2. The summed E-state index contributed by atoms with van der Waals surface area (Å²) in [5.41, 5.74) is 9.25. The zero-order valence-corrected chi connectivity index (χ0v) is 19.7. The Morgan fingerprint density at radius 1 is 1.37 bits per heavy atom. The van der Waals surface area contributed by atoms with E-state index in [1.54, 1.807) is 28.0 Å². The fraction of sp³-hybridized carbons (Fsp3) is 0.429. The van der Waals surface area contributed by atoms with Crippen molar-refractivity contribution in [1.82, 2.24) is 10.2 Å². The van der Waals surface area contributed by atoms with Crippen LogP contribution in [0.1, 0.15) is 52.0 Å². The summed E-state index contributed by atoms with van der Waals surface area (Å²) in [5, 5.41) is 23.6. The fourth-order valence-corrected chi connectivity index (χ4v) is 6.83. The smallest absolute Gasteiger partial charge is 0.219 e. The topological polar surface area (TPSA) is 95.9 Å². The summed E-state index contributed by atoms with van der Waals surface area (Å²) < 4.78 is 0.842. The molecule has 0 radical (unpaired) electrons. The maximum Gasteiger partial charge on any atom is 0.219 e. The van der Waals surface area contributed by atoms with Gasteiger partial charge in [0, 0.05) is 22.9 Å². The van der Waals surface area contributed by atoms with Gasteiger partial charge in [0.1, 0.15) is 5.82 Å². The van der Waals surface area contributed by atoms with Crippen molar-refractivity contribution >= 4 is 45.4 Å². The lowest BCUT2D eigenvalue weighted by atomic mass is 9.69. The van der Waals surface area contributed by atoms with Gasteiger partial charge in [-0.3, -0.25) is 9.69 Å². The van der Waals surface area contributed by atoms with Crippen molar-refractivity contribution < 1.29 is 4.79 Å². The second kappa shape index (κ2) is 7.84. The average molecular weight is 458 g/mol. The molecule has 1 aliphatic carbocycles. The van der Waals surface area contributed by atoms with Gasteiger partial charge in [0.2, 0.25) is 5.13 Å². The number of nitriles is 1. The van der Waals surface area contributed by atoms with Gasteiger partial charge in [0.05, 0.1) is 17.6 Å². The predicted octanol–water partition coefficient (Wildman–Crippen LogP) is 5.04. The van der Waals surface area contributed by atoms with Crippen LogP contribution in [0.2, 0.25) is 0 Å². The molecule has 0 aromatic carbocycles. The number of rotatable bonds is 4. The largest absolute Gasteiger partial charge is 0.384 e. The number of carbonyl (C=O) groups is 1. The Labute approximate surface area is 188 Å². The number of ketones is 1. The minimum absolute atomic E-state index is 0.0731. The molecular weight excluding hydrogens is 434 g/mol. The number of Topliss-reactive ketones (excluding diaryl/α,β-unsaturated/α-hetero) is 1. The molecule has 0 saturated heterocycles. The molecule has 0 amide bonds. The Bertz CT molecular complexity index is 1090. The number of thioether (sulfide) groups is 1. The number of nitrogens with zero attached hydrogens (tertiary/aromatic N) is 4. The standard InChI is InChI=1S/C21H23N5OS3/c1-11(2)29-20-25-24-19(30-20)26-14-7-21(3,4)8-15(27)17(14)16(12-5-6-28-10-12)13(9-22)18(26)23/h5-6,10-11,16H,7-8,23H2,1-4H3/t16-/m1/s1. The summed E-state index contributed by atoms with van der Waals surface area (Å²) in [6.45, 7) is 8.38. The summed E-state index contributed by atoms with van der Waals surface area (Å²) in [4.78, 5) is 15.2. The van der Waals surface area contributed by atoms with Gasteiger partial charge in [-0.2, -0.15) is 16.6 Å². The lowest BCUT2D eigenvalue weighted by Crippen LogP contribution is -2.42. The third-order valence-electron chi connectivity index (χ3n) is 5.18. The molecule has 1 aliphatic heterocycles. The van der Waals surface area contributed by atoms with E-state index in [1.807, 2.05) is 16.8 Å². The van der Waals surface area contributed by atoms with Gasteiger partial charge in [0.15, 0.2) is 10.1 Å². The quantitative estimate of drug-likeness (QED) is 0.642. The zero-order valence-electron chi connectivity index (χ0n) is 17.3. The van der Waals surface area contributed by atoms with Crippen LogP contribution in [-0.4, -0.2) is 21.2 Å². The highest BCUT2D eigenvalue weighted by Gasteiger charge is 2.45. The van der Waals surface area contributed by atoms with E-state index < -0.39 is 5.92 Å². The van der Waals surface area contributed by atoms with Gasteiger partial charge in [-0.15, -0.1) is 10.2 Å². The Morgan fingerprint density at radius 2 is 2.13 bits per heavy atom. The van der Waals surface area contributed by atoms with Crippen LogP contribution < -0.4 is 10.6 Å². The fourth-order valence-electron chi connectivity index (χ4n) is 4.04. The number of carbonyl (C=O) groups excluding carboxylic acids is 1. The summed E-state index contributed by atoms with van der Waals surface area (Å²) in [6.07, 6.45) is 1.13. The van der Waals surface area contributed by atoms with Crippen LogP contribution in [0.25, 0.3) is 0 Å². The van der Waals surface area contributed by atoms with Crippen LogP contribution in [0.5, 0.6) is 0 Å². The van der Waals surface area contributed by atoms with E-state index in [0.29, 0.717) is 40.2 Å². The predicted molar refractivity (Wildman–Crippen MR) is 122 cm³/mol. The summed E-state index contributed by atoms with van der Waals surface area (Å²) in [5.74, 6) is -0.00674. The van der Waals surface area contributed by atoms with Gasteiger partial charge in [-0.1, -0.05) is 50.8 Å². The first kappa shape index (κ1) is 21.1. The molecule has 9 heteroatoms. The minimum Gasteiger partial charge on any atom is -0.384 e. The van der Waals surface area contributed by atoms with Crippen LogP contribution >= 0.6 is 34.4 Å². The molecule has 3 heterocycles. The average Bonchev–Trinajstić information content (AvgIpc) is 3.31. The second-order valence-corrected chi connectivity index (χ2v) is 12.1. The Balaban J connectivity index is 1.91. The lowest BCUT2D eigenvalue weighted by Gasteiger charge is -2.42. The Hall–Kier alpha value is -2.15. The molecule has 0 unspecified atom stereocenters. The molecule has 0 spiro atoms. The zero-order chi connectivity index (χ0) is 21.6. The van der Waals surface area contributed by atoms with Gasteiger partial charge in [-0.25, -0.2) is 0 Å². The summed E-state index contributed by atoms with van der Waals surface area (Å²) in [7, 11) is 0. The molecule has 1 atom stereocenters. The van der Waals surface area contributed by atoms with Gasteiger partial charge in [0.25, 0.3) is 0 Å². The number of nitrogens with two attached hydrogens (primary N) is 1. The highest BCUT2D eigenvalue weighted by molar-refractivity contribution is 8.01. The second-order valence-electron chi connectivity index (χ2n) is 8.55. The van der Waals surface area contributed by atoms with Crippen LogP contribution in [0.4, 0.5) is 5.13 Å². The van der Waals surface area contributed by atoms with Crippen molar-refractivity contribution in [2.75, 3.05) is 4.90 Å². The van der Waals surface area contributed by atoms with E-state index in [-0.39, 0.29) is 11.2 Å². The number of hydrogen-bond acceptors (Lipinski definition) is 9. The highest BCUT2D eigenvalue weighted by Crippen LogP contribution is 2.51. The molecule has 2 aromatic heterocycles. The van der Waals surface area contributed by atoms with E-state index in [4.69, 9.17) is 5.73 Å². The number of allylic oxidation sites excluding steroid dienone is 3. The number of hydrogen-bond donors (Lipinski definition) is 1. The molecule has 2 N–H and O–H groups in total. The third kappa shape index (κ3) is 3.68. The first-order valence-electron chi connectivity index (χ1n) is 9.70. The van der Waals surface area contributed by atoms with Gasteiger partial charge in [-0.05, 0) is 34.2 Å². The van der Waals surface area contributed by atoms with E-state index in [2.05, 4.69) is 44.0 Å². The molecule has 156 valence electrons. The SMILES string of the molecule is CC(C)Sc1nnc(N2C(N)=C(C#N)[C@@H](c3ccsc3)C3=C2CC(C)(C)CC3=O)s1. The highest BCUT2D eigenvalue weighted by atomic mass is 32.2. The van der Waals surface area contributed by atoms with E-state index in [1.165, 1.54) is 11.3 Å². The molecule has 30 heavy (non-hydrogen) atoms. The van der Waals surface area contributed by atoms with Crippen molar-refractivity contribution in [3.8, 4) is 6.07 Å². The first-order chi connectivity index (χ1) is 14.2. The van der Waals surface area contributed by atoms with Crippen molar-refractivity contribution in [3.63, 3.8) is 0 Å².